The predicted molar refractivity (Wildman–Crippen MR) is 143 cm³/mol. The van der Waals surface area contributed by atoms with Gasteiger partial charge in [-0.1, -0.05) is 49.3 Å². The van der Waals surface area contributed by atoms with Crippen molar-refractivity contribution < 1.29 is 4.79 Å². The number of nitrogens with one attached hydrogen (secondary N) is 1. The number of hydrogen-bond donors (Lipinski definition) is 1. The maximum absolute atomic E-state index is 13.3. The molecule has 1 unspecified atom stereocenters. The van der Waals surface area contributed by atoms with Crippen LogP contribution in [-0.4, -0.2) is 51.9 Å². The van der Waals surface area contributed by atoms with Gasteiger partial charge in [0.25, 0.3) is 0 Å². The molecule has 4 heterocycles. The second kappa shape index (κ2) is 11.0. The fraction of sp³-hybridized carbons (Fsp3) is 0.407. The van der Waals surface area contributed by atoms with Crippen molar-refractivity contribution in [1.82, 2.24) is 19.9 Å². The normalized spacial score (nSPS) is 15.0. The van der Waals surface area contributed by atoms with Crippen molar-refractivity contribution in [3.63, 3.8) is 0 Å². The van der Waals surface area contributed by atoms with Gasteiger partial charge >= 0.3 is 0 Å². The van der Waals surface area contributed by atoms with Crippen molar-refractivity contribution in [1.29, 1.82) is 0 Å². The molecule has 5 rings (SSSR count). The number of fused-ring (bicyclic) bond motifs is 1. The van der Waals surface area contributed by atoms with Crippen molar-refractivity contribution in [3.8, 4) is 0 Å². The van der Waals surface area contributed by atoms with Crippen LogP contribution in [0.4, 0.5) is 10.9 Å². The third-order valence-electron chi connectivity index (χ3n) is 6.83. The van der Waals surface area contributed by atoms with Crippen LogP contribution < -0.4 is 9.80 Å². The molecule has 0 amide bonds. The van der Waals surface area contributed by atoms with Crippen molar-refractivity contribution in [2.24, 2.45) is 5.92 Å². The van der Waals surface area contributed by atoms with Gasteiger partial charge in [-0.2, -0.15) is 0 Å². The summed E-state index contributed by atoms with van der Waals surface area (Å²) < 4.78 is 0. The third-order valence-corrected chi connectivity index (χ3v) is 7.93. The first-order valence-corrected chi connectivity index (χ1v) is 13.3. The number of piperazine rings is 1. The molecular formula is C27H32N6OS. The minimum Gasteiger partial charge on any atom is -0.361 e. The molecule has 8 heteroatoms. The highest BCUT2D eigenvalue weighted by Crippen LogP contribution is 2.29. The number of Topliss-reactive ketones (excluding diaryl/α,β-unsaturated/α-hetero) is 1. The summed E-state index contributed by atoms with van der Waals surface area (Å²) in [4.78, 5) is 34.9. The largest absolute Gasteiger partial charge is 0.361 e. The summed E-state index contributed by atoms with van der Waals surface area (Å²) in [5, 5.41) is 2.21. The summed E-state index contributed by atoms with van der Waals surface area (Å²) in [5.41, 5.74) is 2.47. The number of unbranched alkanes of at least 4 members (excludes halogenated alkanes) is 1. The lowest BCUT2D eigenvalue weighted by Crippen LogP contribution is -2.46. The van der Waals surface area contributed by atoms with Crippen molar-refractivity contribution in [2.45, 2.75) is 39.0 Å². The number of thiazole rings is 1. The minimum atomic E-state index is 0.217. The molecule has 0 bridgehead atoms. The number of H-pyrrole nitrogens is 1. The Hall–Kier alpha value is -3.26. The molecule has 7 nitrogen and oxygen atoms in total. The SMILES string of the molecule is CCCCC(CC(=O)c1cnc(N2CCN(c3ccncn3)CC2)s1)Cc1c[nH]c2ccccc12. The molecule has 4 aromatic rings. The number of rotatable bonds is 10. The number of anilines is 2. The molecule has 182 valence electrons. The van der Waals surface area contributed by atoms with Crippen LogP contribution in [-0.2, 0) is 6.42 Å². The molecule has 0 saturated carbocycles. The van der Waals surface area contributed by atoms with Gasteiger partial charge in [-0.05, 0) is 36.5 Å². The molecule has 1 aromatic carbocycles. The zero-order valence-corrected chi connectivity index (χ0v) is 21.0. The lowest BCUT2D eigenvalue weighted by molar-refractivity contribution is 0.0962. The summed E-state index contributed by atoms with van der Waals surface area (Å²) in [6.45, 7) is 5.70. The van der Waals surface area contributed by atoms with E-state index in [1.807, 2.05) is 6.07 Å². The Balaban J connectivity index is 1.21. The zero-order valence-electron chi connectivity index (χ0n) is 20.2. The maximum atomic E-state index is 13.3. The Kier molecular flexibility index (Phi) is 7.37. The summed E-state index contributed by atoms with van der Waals surface area (Å²) in [7, 11) is 0. The van der Waals surface area contributed by atoms with Gasteiger partial charge in [0.2, 0.25) is 0 Å². The predicted octanol–water partition coefficient (Wildman–Crippen LogP) is 5.36. The number of para-hydroxylation sites is 1. The minimum absolute atomic E-state index is 0.217. The van der Waals surface area contributed by atoms with Crippen LogP contribution in [0.25, 0.3) is 10.9 Å². The second-order valence-electron chi connectivity index (χ2n) is 9.25. The van der Waals surface area contributed by atoms with Crippen LogP contribution in [0.2, 0.25) is 0 Å². The lowest BCUT2D eigenvalue weighted by Gasteiger charge is -2.35. The second-order valence-corrected chi connectivity index (χ2v) is 10.3. The average molecular weight is 489 g/mol. The average Bonchev–Trinajstić information content (AvgIpc) is 3.56. The van der Waals surface area contributed by atoms with E-state index >= 15 is 0 Å². The van der Waals surface area contributed by atoms with Crippen molar-refractivity contribution >= 4 is 39.0 Å². The van der Waals surface area contributed by atoms with E-state index in [1.165, 1.54) is 22.3 Å². The molecule has 1 aliphatic rings. The van der Waals surface area contributed by atoms with E-state index in [4.69, 9.17) is 0 Å². The van der Waals surface area contributed by atoms with E-state index < -0.39 is 0 Å². The van der Waals surface area contributed by atoms with Crippen molar-refractivity contribution in [2.75, 3.05) is 36.0 Å². The van der Waals surface area contributed by atoms with E-state index in [9.17, 15) is 4.79 Å². The summed E-state index contributed by atoms with van der Waals surface area (Å²) >= 11 is 1.54. The smallest absolute Gasteiger partial charge is 0.186 e. The fourth-order valence-electron chi connectivity index (χ4n) is 4.88. The van der Waals surface area contributed by atoms with Crippen LogP contribution >= 0.6 is 11.3 Å². The Labute approximate surface area is 210 Å². The fourth-order valence-corrected chi connectivity index (χ4v) is 5.80. The number of nitrogens with zero attached hydrogens (tertiary/aromatic N) is 5. The highest BCUT2D eigenvalue weighted by Gasteiger charge is 2.23. The molecule has 0 radical (unpaired) electrons. The van der Waals surface area contributed by atoms with Crippen LogP contribution in [0.3, 0.4) is 0 Å². The van der Waals surface area contributed by atoms with Crippen LogP contribution in [0.15, 0.2) is 55.2 Å². The lowest BCUT2D eigenvalue weighted by atomic mass is 9.89. The van der Waals surface area contributed by atoms with E-state index in [1.54, 1.807) is 18.7 Å². The molecule has 0 aliphatic carbocycles. The first-order valence-electron chi connectivity index (χ1n) is 12.5. The van der Waals surface area contributed by atoms with Crippen LogP contribution in [0.5, 0.6) is 0 Å². The van der Waals surface area contributed by atoms with Gasteiger partial charge in [0.05, 0.1) is 11.1 Å². The maximum Gasteiger partial charge on any atom is 0.186 e. The van der Waals surface area contributed by atoms with E-state index in [-0.39, 0.29) is 5.78 Å². The van der Waals surface area contributed by atoms with E-state index in [2.05, 4.69) is 67.1 Å². The Morgan fingerprint density at radius 1 is 1.11 bits per heavy atom. The monoisotopic (exact) mass is 488 g/mol. The van der Waals surface area contributed by atoms with Crippen molar-refractivity contribution in [3.05, 3.63) is 65.7 Å². The highest BCUT2D eigenvalue weighted by atomic mass is 32.1. The molecule has 1 fully saturated rings. The van der Waals surface area contributed by atoms with Gasteiger partial charge in [-0.25, -0.2) is 15.0 Å². The summed E-state index contributed by atoms with van der Waals surface area (Å²) in [6, 6.07) is 10.4. The van der Waals surface area contributed by atoms with Gasteiger partial charge < -0.3 is 14.8 Å². The topological polar surface area (TPSA) is 78.0 Å². The number of carbonyl (C=O) groups excluding carboxylic acids is 1. The quantitative estimate of drug-likeness (QED) is 0.303. The molecule has 0 spiro atoms. The van der Waals surface area contributed by atoms with Gasteiger partial charge in [0.15, 0.2) is 10.9 Å². The summed E-state index contributed by atoms with van der Waals surface area (Å²) in [6.07, 6.45) is 12.1. The molecular weight excluding hydrogens is 456 g/mol. The molecule has 1 N–H and O–H groups in total. The number of hydrogen-bond acceptors (Lipinski definition) is 7. The number of carbonyl (C=O) groups is 1. The standard InChI is InChI=1S/C27H32N6OS/c1-2-3-6-20(15-21-17-29-23-8-5-4-7-22(21)23)16-24(34)25-18-30-27(35-25)33-13-11-32(12-14-33)26-9-10-28-19-31-26/h4-5,7-10,17-20,29H,2-3,6,11-16H2,1H3. The Bertz CT molecular complexity index is 1240. The summed E-state index contributed by atoms with van der Waals surface area (Å²) in [5.74, 6) is 1.51. The Morgan fingerprint density at radius 2 is 1.94 bits per heavy atom. The number of benzene rings is 1. The number of aromatic nitrogens is 4. The van der Waals surface area contributed by atoms with Crippen LogP contribution in [0, 0.1) is 5.92 Å². The molecule has 3 aromatic heterocycles. The van der Waals surface area contributed by atoms with E-state index in [0.29, 0.717) is 12.3 Å². The van der Waals surface area contributed by atoms with E-state index in [0.717, 1.165) is 73.2 Å². The Morgan fingerprint density at radius 3 is 2.74 bits per heavy atom. The third kappa shape index (κ3) is 5.53. The van der Waals surface area contributed by atoms with Gasteiger partial charge in [-0.3, -0.25) is 4.79 Å². The first-order chi connectivity index (χ1) is 17.2. The highest BCUT2D eigenvalue weighted by molar-refractivity contribution is 7.17. The van der Waals surface area contributed by atoms with Gasteiger partial charge in [0.1, 0.15) is 12.1 Å². The van der Waals surface area contributed by atoms with Gasteiger partial charge in [-0.15, -0.1) is 0 Å². The molecule has 1 saturated heterocycles. The molecule has 1 atom stereocenters. The van der Waals surface area contributed by atoms with Gasteiger partial charge in [0, 0.05) is 55.9 Å². The molecule has 35 heavy (non-hydrogen) atoms. The zero-order chi connectivity index (χ0) is 24.0. The molecule has 1 aliphatic heterocycles. The number of aromatic amines is 1. The van der Waals surface area contributed by atoms with Crippen LogP contribution in [0.1, 0.15) is 47.8 Å². The number of ketones is 1. The first kappa shape index (κ1) is 23.5.